The van der Waals surface area contributed by atoms with Crippen LogP contribution in [0.15, 0.2) is 36.4 Å². The number of rotatable bonds is 3. The summed E-state index contributed by atoms with van der Waals surface area (Å²) < 4.78 is 38.4. The SMILES string of the molecule is O=C(O)[C@@H]1[C@H]2C=C[C@@H]([C@@H]3C[C@H]23)[C@H]1C(=O)Nc1cccc(C(F)(F)F)c1. The normalized spacial score (nSPS) is 35.2. The second-order valence-corrected chi connectivity index (χ2v) is 7.06. The zero-order chi connectivity index (χ0) is 17.9. The third-order valence-electron chi connectivity index (χ3n) is 5.70. The summed E-state index contributed by atoms with van der Waals surface area (Å²) in [6, 6.07) is 4.39. The summed E-state index contributed by atoms with van der Waals surface area (Å²) in [5.74, 6) is -2.76. The molecule has 25 heavy (non-hydrogen) atoms. The van der Waals surface area contributed by atoms with Gasteiger partial charge >= 0.3 is 12.1 Å². The minimum absolute atomic E-state index is 0.0294. The number of benzene rings is 1. The summed E-state index contributed by atoms with van der Waals surface area (Å²) in [4.78, 5) is 24.4. The molecular weight excluding hydrogens is 335 g/mol. The van der Waals surface area contributed by atoms with Gasteiger partial charge in [-0.1, -0.05) is 18.2 Å². The minimum atomic E-state index is -4.50. The van der Waals surface area contributed by atoms with E-state index < -0.39 is 35.5 Å². The maximum absolute atomic E-state index is 12.8. The molecule has 1 aromatic rings. The molecule has 0 saturated heterocycles. The Morgan fingerprint density at radius 1 is 1.08 bits per heavy atom. The average Bonchev–Trinajstić information content (AvgIpc) is 3.35. The van der Waals surface area contributed by atoms with Crippen LogP contribution in [0.4, 0.5) is 18.9 Å². The van der Waals surface area contributed by atoms with E-state index in [4.69, 9.17) is 0 Å². The molecule has 132 valence electrons. The van der Waals surface area contributed by atoms with Gasteiger partial charge in [0.2, 0.25) is 5.91 Å². The van der Waals surface area contributed by atoms with Gasteiger partial charge in [-0.25, -0.2) is 0 Å². The van der Waals surface area contributed by atoms with E-state index in [0.29, 0.717) is 11.8 Å². The lowest BCUT2D eigenvalue weighted by molar-refractivity contribution is -0.152. The van der Waals surface area contributed by atoms with Gasteiger partial charge in [0.1, 0.15) is 0 Å². The molecule has 0 heterocycles. The molecule has 2 N–H and O–H groups in total. The molecule has 4 aliphatic rings. The van der Waals surface area contributed by atoms with Crippen LogP contribution in [0.1, 0.15) is 12.0 Å². The molecule has 1 amide bonds. The summed E-state index contributed by atoms with van der Waals surface area (Å²) in [5.41, 5.74) is -0.825. The number of nitrogens with one attached hydrogen (secondary N) is 1. The summed E-state index contributed by atoms with van der Waals surface area (Å²) in [6.45, 7) is 0. The maximum atomic E-state index is 12.8. The number of halogens is 3. The fourth-order valence-corrected chi connectivity index (χ4v) is 4.57. The number of carboxylic acid groups (broad SMARTS) is 1. The lowest BCUT2D eigenvalue weighted by Crippen LogP contribution is -2.48. The van der Waals surface area contributed by atoms with Crippen molar-refractivity contribution >= 4 is 17.6 Å². The fraction of sp³-hybridized carbons (Fsp3) is 0.444. The number of fused-ring (bicyclic) bond motifs is 1. The number of aliphatic carboxylic acids is 1. The van der Waals surface area contributed by atoms with E-state index in [1.54, 1.807) is 0 Å². The van der Waals surface area contributed by atoms with Gasteiger partial charge in [0.05, 0.1) is 17.4 Å². The summed E-state index contributed by atoms with van der Waals surface area (Å²) in [5, 5.41) is 12.1. The van der Waals surface area contributed by atoms with Crippen LogP contribution in [-0.2, 0) is 15.8 Å². The Hall–Kier alpha value is -2.31. The van der Waals surface area contributed by atoms with Crippen LogP contribution in [0.5, 0.6) is 0 Å². The number of alkyl halides is 3. The van der Waals surface area contributed by atoms with Gasteiger partial charge in [-0.3, -0.25) is 9.59 Å². The quantitative estimate of drug-likeness (QED) is 0.820. The maximum Gasteiger partial charge on any atom is 0.416 e. The second-order valence-electron chi connectivity index (χ2n) is 7.06. The van der Waals surface area contributed by atoms with Crippen LogP contribution in [0.25, 0.3) is 0 Å². The van der Waals surface area contributed by atoms with E-state index in [1.165, 1.54) is 12.1 Å². The highest BCUT2D eigenvalue weighted by Crippen LogP contribution is 2.63. The molecular formula is C18H16F3NO3. The number of amides is 1. The zero-order valence-electron chi connectivity index (χ0n) is 13.0. The Morgan fingerprint density at radius 3 is 2.32 bits per heavy atom. The van der Waals surface area contributed by atoms with Gasteiger partial charge in [0.25, 0.3) is 0 Å². The molecule has 0 spiro atoms. The zero-order valence-corrected chi connectivity index (χ0v) is 13.0. The average molecular weight is 351 g/mol. The first kappa shape index (κ1) is 16.2. The van der Waals surface area contributed by atoms with Crippen molar-refractivity contribution in [2.45, 2.75) is 12.6 Å². The van der Waals surface area contributed by atoms with Crippen molar-refractivity contribution in [2.24, 2.45) is 35.5 Å². The lowest BCUT2D eigenvalue weighted by Gasteiger charge is -2.41. The Kier molecular flexibility index (Phi) is 3.46. The largest absolute Gasteiger partial charge is 0.481 e. The van der Waals surface area contributed by atoms with E-state index in [1.807, 2.05) is 12.2 Å². The first-order valence-electron chi connectivity index (χ1n) is 8.16. The van der Waals surface area contributed by atoms with E-state index in [9.17, 15) is 27.9 Å². The van der Waals surface area contributed by atoms with Crippen molar-refractivity contribution in [3.8, 4) is 0 Å². The Labute approximate surface area is 141 Å². The lowest BCUT2D eigenvalue weighted by atomic mass is 9.62. The van der Waals surface area contributed by atoms with Crippen molar-refractivity contribution < 1.29 is 27.9 Å². The summed E-state index contributed by atoms with van der Waals surface area (Å²) >= 11 is 0. The monoisotopic (exact) mass is 351 g/mol. The number of hydrogen-bond donors (Lipinski definition) is 2. The van der Waals surface area contributed by atoms with Crippen molar-refractivity contribution in [2.75, 3.05) is 5.32 Å². The Morgan fingerprint density at radius 2 is 1.72 bits per heavy atom. The molecule has 2 fully saturated rings. The number of carboxylic acids is 1. The van der Waals surface area contributed by atoms with Crippen molar-refractivity contribution in [3.05, 3.63) is 42.0 Å². The molecule has 5 rings (SSSR count). The molecule has 6 atom stereocenters. The number of hydrogen-bond acceptors (Lipinski definition) is 2. The fourth-order valence-electron chi connectivity index (χ4n) is 4.57. The van der Waals surface area contributed by atoms with E-state index in [-0.39, 0.29) is 17.5 Å². The van der Waals surface area contributed by atoms with Crippen LogP contribution in [0, 0.1) is 35.5 Å². The van der Waals surface area contributed by atoms with Gasteiger partial charge < -0.3 is 10.4 Å². The van der Waals surface area contributed by atoms with Crippen LogP contribution in [0.3, 0.4) is 0 Å². The van der Waals surface area contributed by atoms with Gasteiger partial charge in [-0.15, -0.1) is 0 Å². The topological polar surface area (TPSA) is 66.4 Å². The molecule has 0 aromatic heterocycles. The molecule has 1 aromatic carbocycles. The van der Waals surface area contributed by atoms with Crippen LogP contribution >= 0.6 is 0 Å². The van der Waals surface area contributed by atoms with Crippen LogP contribution < -0.4 is 5.32 Å². The Bertz CT molecular complexity index is 773. The first-order chi connectivity index (χ1) is 11.8. The third-order valence-corrected chi connectivity index (χ3v) is 5.70. The smallest absolute Gasteiger partial charge is 0.416 e. The highest BCUT2D eigenvalue weighted by molar-refractivity contribution is 5.96. The molecule has 0 unspecified atom stereocenters. The predicted octanol–water partition coefficient (Wildman–Crippen LogP) is 3.41. The number of anilines is 1. The molecule has 2 saturated carbocycles. The molecule has 4 nitrogen and oxygen atoms in total. The Balaban J connectivity index is 1.59. The highest BCUT2D eigenvalue weighted by Gasteiger charge is 2.62. The summed E-state index contributed by atoms with van der Waals surface area (Å²) in [6.07, 6.45) is 0.220. The van der Waals surface area contributed by atoms with Crippen molar-refractivity contribution in [3.63, 3.8) is 0 Å². The molecule has 0 radical (unpaired) electrons. The summed E-state index contributed by atoms with van der Waals surface area (Å²) in [7, 11) is 0. The molecule has 2 bridgehead atoms. The van der Waals surface area contributed by atoms with Crippen LogP contribution in [-0.4, -0.2) is 17.0 Å². The molecule has 4 aliphatic carbocycles. The van der Waals surface area contributed by atoms with Gasteiger partial charge in [0.15, 0.2) is 0 Å². The molecule has 7 heteroatoms. The number of carbonyl (C=O) groups is 2. The van der Waals surface area contributed by atoms with Crippen LogP contribution in [0.2, 0.25) is 0 Å². The second kappa shape index (κ2) is 5.34. The van der Waals surface area contributed by atoms with E-state index in [2.05, 4.69) is 5.32 Å². The van der Waals surface area contributed by atoms with Crippen molar-refractivity contribution in [1.29, 1.82) is 0 Å². The first-order valence-corrected chi connectivity index (χ1v) is 8.16. The third kappa shape index (κ3) is 2.62. The number of carbonyl (C=O) groups excluding carboxylic acids is 1. The van der Waals surface area contributed by atoms with E-state index in [0.717, 1.165) is 18.6 Å². The van der Waals surface area contributed by atoms with Crippen molar-refractivity contribution in [1.82, 2.24) is 0 Å². The highest BCUT2D eigenvalue weighted by atomic mass is 19.4. The van der Waals surface area contributed by atoms with Gasteiger partial charge in [0, 0.05) is 5.69 Å². The van der Waals surface area contributed by atoms with Gasteiger partial charge in [-0.05, 0) is 48.3 Å². The standard InChI is InChI=1S/C18H16F3NO3/c19-18(20,21)8-2-1-3-9(6-8)22-16(23)14-10-4-5-11(13-7-12(10)13)15(14)17(24)25/h1-6,10-15H,7H2,(H,22,23)(H,24,25)/t10-,11-,12-,13+,14+,15+/m0/s1. The molecule has 0 aliphatic heterocycles. The predicted molar refractivity (Wildman–Crippen MR) is 82.4 cm³/mol. The minimum Gasteiger partial charge on any atom is -0.481 e. The number of allylic oxidation sites excluding steroid dienone is 2. The van der Waals surface area contributed by atoms with Gasteiger partial charge in [-0.2, -0.15) is 13.2 Å². The van der Waals surface area contributed by atoms with E-state index >= 15 is 0 Å².